The Labute approximate surface area is 134 Å². The standard InChI is InChI=1S/C13H14ClF3N2O4/c1-7(11(20)21)6-19(2)12(22)18-9-5-8(14)3-4-10(9)23-13(15,16)17/h3-5,7H,6H2,1-2H3,(H,18,22)(H,20,21). The molecule has 128 valence electrons. The Morgan fingerprint density at radius 1 is 1.43 bits per heavy atom. The van der Waals surface area contributed by atoms with Crippen molar-refractivity contribution in [3.05, 3.63) is 23.2 Å². The van der Waals surface area contributed by atoms with Crippen molar-refractivity contribution >= 4 is 29.3 Å². The second kappa shape index (κ2) is 7.40. The van der Waals surface area contributed by atoms with Gasteiger partial charge in [-0.25, -0.2) is 4.79 Å². The van der Waals surface area contributed by atoms with Gasteiger partial charge in [-0.3, -0.25) is 4.79 Å². The molecule has 6 nitrogen and oxygen atoms in total. The summed E-state index contributed by atoms with van der Waals surface area (Å²) in [6.07, 6.45) is -4.93. The van der Waals surface area contributed by atoms with Crippen LogP contribution in [0.3, 0.4) is 0 Å². The molecule has 10 heteroatoms. The first kappa shape index (κ1) is 18.9. The van der Waals surface area contributed by atoms with Gasteiger partial charge in [0.15, 0.2) is 5.75 Å². The Balaban J connectivity index is 2.88. The second-order valence-corrected chi connectivity index (χ2v) is 5.17. The van der Waals surface area contributed by atoms with Gasteiger partial charge in [-0.15, -0.1) is 13.2 Å². The Kier molecular flexibility index (Phi) is 6.08. The van der Waals surface area contributed by atoms with E-state index in [1.54, 1.807) is 0 Å². The Hall–Kier alpha value is -2.16. The summed E-state index contributed by atoms with van der Waals surface area (Å²) in [5, 5.41) is 11.1. The van der Waals surface area contributed by atoms with Gasteiger partial charge in [0.05, 0.1) is 11.6 Å². The molecular weight excluding hydrogens is 341 g/mol. The van der Waals surface area contributed by atoms with Crippen LogP contribution in [0.1, 0.15) is 6.92 Å². The fraction of sp³-hybridized carbons (Fsp3) is 0.385. The lowest BCUT2D eigenvalue weighted by atomic mass is 10.2. The number of alkyl halides is 3. The van der Waals surface area contributed by atoms with Crippen LogP contribution in [-0.4, -0.2) is 42.0 Å². The van der Waals surface area contributed by atoms with E-state index in [9.17, 15) is 22.8 Å². The summed E-state index contributed by atoms with van der Waals surface area (Å²) in [5.74, 6) is -2.57. The number of carboxylic acids is 1. The number of ether oxygens (including phenoxy) is 1. The molecule has 23 heavy (non-hydrogen) atoms. The molecule has 1 unspecified atom stereocenters. The fourth-order valence-electron chi connectivity index (χ4n) is 1.60. The number of carboxylic acid groups (broad SMARTS) is 1. The average Bonchev–Trinajstić information content (AvgIpc) is 2.40. The van der Waals surface area contributed by atoms with E-state index in [1.807, 2.05) is 0 Å². The number of halogens is 4. The van der Waals surface area contributed by atoms with Crippen molar-refractivity contribution in [2.45, 2.75) is 13.3 Å². The molecule has 0 fully saturated rings. The van der Waals surface area contributed by atoms with Crippen LogP contribution >= 0.6 is 11.6 Å². The van der Waals surface area contributed by atoms with Gasteiger partial charge in [-0.05, 0) is 18.2 Å². The van der Waals surface area contributed by atoms with Crippen molar-refractivity contribution in [3.8, 4) is 5.75 Å². The highest BCUT2D eigenvalue weighted by atomic mass is 35.5. The van der Waals surface area contributed by atoms with Crippen molar-refractivity contribution in [2.75, 3.05) is 18.9 Å². The molecule has 2 amide bonds. The lowest BCUT2D eigenvalue weighted by Gasteiger charge is -2.21. The lowest BCUT2D eigenvalue weighted by Crippen LogP contribution is -2.36. The molecule has 0 bridgehead atoms. The minimum absolute atomic E-state index is 0.0939. The van der Waals surface area contributed by atoms with Crippen molar-refractivity contribution in [1.82, 2.24) is 4.90 Å². The number of amides is 2. The Morgan fingerprint density at radius 2 is 2.04 bits per heavy atom. The van der Waals surface area contributed by atoms with E-state index in [4.69, 9.17) is 16.7 Å². The van der Waals surface area contributed by atoms with Crippen LogP contribution in [0.2, 0.25) is 5.02 Å². The molecule has 0 aromatic heterocycles. The third-order valence-corrected chi connectivity index (χ3v) is 2.96. The first-order valence-corrected chi connectivity index (χ1v) is 6.67. The largest absolute Gasteiger partial charge is 0.573 e. The van der Waals surface area contributed by atoms with E-state index in [-0.39, 0.29) is 17.3 Å². The number of aliphatic carboxylic acids is 1. The number of nitrogens with zero attached hydrogens (tertiary/aromatic N) is 1. The zero-order valence-corrected chi connectivity index (χ0v) is 12.9. The smallest absolute Gasteiger partial charge is 0.481 e. The fourth-order valence-corrected chi connectivity index (χ4v) is 1.77. The van der Waals surface area contributed by atoms with Gasteiger partial charge in [0, 0.05) is 18.6 Å². The summed E-state index contributed by atoms with van der Waals surface area (Å²) in [7, 11) is 1.31. The van der Waals surface area contributed by atoms with Crippen molar-refractivity contribution in [1.29, 1.82) is 0 Å². The molecule has 0 spiro atoms. The van der Waals surface area contributed by atoms with Gasteiger partial charge in [-0.1, -0.05) is 18.5 Å². The highest BCUT2D eigenvalue weighted by Crippen LogP contribution is 2.32. The average molecular weight is 355 g/mol. The predicted molar refractivity (Wildman–Crippen MR) is 76.6 cm³/mol. The molecule has 0 saturated carbocycles. The van der Waals surface area contributed by atoms with E-state index in [0.717, 1.165) is 17.0 Å². The highest BCUT2D eigenvalue weighted by Gasteiger charge is 2.32. The lowest BCUT2D eigenvalue weighted by molar-refractivity contribution is -0.274. The van der Waals surface area contributed by atoms with Crippen LogP contribution in [-0.2, 0) is 4.79 Å². The highest BCUT2D eigenvalue weighted by molar-refractivity contribution is 6.31. The number of carbonyl (C=O) groups is 2. The van der Waals surface area contributed by atoms with E-state index in [1.165, 1.54) is 20.0 Å². The monoisotopic (exact) mass is 354 g/mol. The van der Waals surface area contributed by atoms with Crippen LogP contribution in [0.25, 0.3) is 0 Å². The molecule has 1 rings (SSSR count). The zero-order valence-electron chi connectivity index (χ0n) is 12.1. The molecule has 0 radical (unpaired) electrons. The first-order chi connectivity index (χ1) is 10.5. The number of hydrogen-bond acceptors (Lipinski definition) is 3. The molecule has 0 aliphatic rings. The van der Waals surface area contributed by atoms with Crippen LogP contribution in [0.5, 0.6) is 5.75 Å². The third kappa shape index (κ3) is 6.23. The van der Waals surface area contributed by atoms with Gasteiger partial charge in [0.2, 0.25) is 0 Å². The Morgan fingerprint density at radius 3 is 2.57 bits per heavy atom. The van der Waals surface area contributed by atoms with E-state index in [0.29, 0.717) is 0 Å². The number of rotatable bonds is 5. The SMILES string of the molecule is CC(CN(C)C(=O)Nc1cc(Cl)ccc1OC(F)(F)F)C(=O)O. The molecule has 1 aromatic rings. The normalized spacial score (nSPS) is 12.4. The third-order valence-electron chi connectivity index (χ3n) is 2.72. The summed E-state index contributed by atoms with van der Waals surface area (Å²) < 4.78 is 40.8. The molecule has 0 aliphatic carbocycles. The van der Waals surface area contributed by atoms with Crippen molar-refractivity contribution in [3.63, 3.8) is 0 Å². The number of benzene rings is 1. The van der Waals surface area contributed by atoms with Crippen LogP contribution < -0.4 is 10.1 Å². The van der Waals surface area contributed by atoms with Crippen LogP contribution in [0.4, 0.5) is 23.7 Å². The molecule has 1 aromatic carbocycles. The minimum atomic E-state index is -4.93. The summed E-state index contributed by atoms with van der Waals surface area (Å²) in [6.45, 7) is 1.26. The summed E-state index contributed by atoms with van der Waals surface area (Å²) in [5.41, 5.74) is -0.283. The summed E-state index contributed by atoms with van der Waals surface area (Å²) >= 11 is 5.70. The topological polar surface area (TPSA) is 78.9 Å². The molecule has 0 saturated heterocycles. The number of carbonyl (C=O) groups excluding carboxylic acids is 1. The minimum Gasteiger partial charge on any atom is -0.481 e. The maximum atomic E-state index is 12.3. The maximum absolute atomic E-state index is 12.3. The molecular formula is C13H14ClF3N2O4. The zero-order chi connectivity index (χ0) is 17.8. The number of urea groups is 1. The maximum Gasteiger partial charge on any atom is 0.573 e. The second-order valence-electron chi connectivity index (χ2n) is 4.74. The number of anilines is 1. The molecule has 2 N–H and O–H groups in total. The molecule has 0 aliphatic heterocycles. The van der Waals surface area contributed by atoms with Gasteiger partial charge in [0.1, 0.15) is 0 Å². The molecule has 1 atom stereocenters. The van der Waals surface area contributed by atoms with Gasteiger partial charge < -0.3 is 20.1 Å². The van der Waals surface area contributed by atoms with Gasteiger partial charge >= 0.3 is 18.4 Å². The summed E-state index contributed by atoms with van der Waals surface area (Å²) in [4.78, 5) is 23.7. The van der Waals surface area contributed by atoms with Crippen LogP contribution in [0.15, 0.2) is 18.2 Å². The van der Waals surface area contributed by atoms with E-state index >= 15 is 0 Å². The number of nitrogens with one attached hydrogen (secondary N) is 1. The Bertz CT molecular complexity index is 595. The van der Waals surface area contributed by atoms with E-state index in [2.05, 4.69) is 10.1 Å². The van der Waals surface area contributed by atoms with Gasteiger partial charge in [-0.2, -0.15) is 0 Å². The predicted octanol–water partition coefficient (Wildman–Crippen LogP) is 3.42. The van der Waals surface area contributed by atoms with Crippen molar-refractivity contribution < 1.29 is 32.6 Å². The number of hydrogen-bond donors (Lipinski definition) is 2. The quantitative estimate of drug-likeness (QED) is 0.849. The molecule has 0 heterocycles. The first-order valence-electron chi connectivity index (χ1n) is 6.30. The van der Waals surface area contributed by atoms with Gasteiger partial charge in [0.25, 0.3) is 0 Å². The van der Waals surface area contributed by atoms with E-state index < -0.39 is 30.0 Å². The summed E-state index contributed by atoms with van der Waals surface area (Å²) in [6, 6.07) is 2.43. The van der Waals surface area contributed by atoms with Crippen LogP contribution in [0, 0.1) is 5.92 Å². The van der Waals surface area contributed by atoms with Crippen molar-refractivity contribution in [2.24, 2.45) is 5.92 Å².